The molecule has 8 aromatic rings. The van der Waals surface area contributed by atoms with Crippen molar-refractivity contribution < 1.29 is 43.1 Å². The smallest absolute Gasteiger partial charge is 0.296 e. The third-order valence-corrected chi connectivity index (χ3v) is 15.5. The number of pyridine rings is 1. The highest BCUT2D eigenvalue weighted by atomic mass is 35.5. The molecular weight excluding hydrogens is 1080 g/mol. The first-order valence-electron chi connectivity index (χ1n) is 27.6. The number of carbonyl (C=O) groups excluding carboxylic acids is 2. The second-order valence-corrected chi connectivity index (χ2v) is 21.6. The second kappa shape index (κ2) is 24.9. The van der Waals surface area contributed by atoms with Crippen molar-refractivity contribution in [3.63, 3.8) is 0 Å². The first-order valence-corrected chi connectivity index (χ1v) is 27.9. The third kappa shape index (κ3) is 12.8. The van der Waals surface area contributed by atoms with Crippen LogP contribution in [0.25, 0.3) is 55.8 Å². The van der Waals surface area contributed by atoms with Gasteiger partial charge in [-0.15, -0.1) is 0 Å². The predicted molar refractivity (Wildman–Crippen MR) is 311 cm³/mol. The number of amides is 2. The summed E-state index contributed by atoms with van der Waals surface area (Å²) in [5, 5.41) is 29.4. The molecule has 3 saturated heterocycles. The van der Waals surface area contributed by atoms with Crippen LogP contribution in [0.15, 0.2) is 127 Å². The molecule has 83 heavy (non-hydrogen) atoms. The van der Waals surface area contributed by atoms with Crippen molar-refractivity contribution in [3.05, 3.63) is 132 Å². The number of rotatable bonds is 21. The van der Waals surface area contributed by atoms with E-state index in [0.717, 1.165) is 34.4 Å². The molecule has 4 unspecified atom stereocenters. The van der Waals surface area contributed by atoms with Gasteiger partial charge in [0.1, 0.15) is 71.6 Å². The van der Waals surface area contributed by atoms with Crippen LogP contribution in [0.2, 0.25) is 5.02 Å². The normalized spacial score (nSPS) is 19.0. The molecule has 4 aromatic heterocycles. The van der Waals surface area contributed by atoms with Gasteiger partial charge in [0, 0.05) is 42.7 Å². The number of nitrogen functional groups attached to an aromatic ring is 1. The molecule has 4 aromatic carbocycles. The van der Waals surface area contributed by atoms with Gasteiger partial charge in [0.05, 0.1) is 60.6 Å². The molecule has 0 saturated carbocycles. The molecule has 0 bridgehead atoms. The van der Waals surface area contributed by atoms with E-state index in [1.807, 2.05) is 134 Å². The summed E-state index contributed by atoms with van der Waals surface area (Å²) in [4.78, 5) is 51.7. The molecule has 21 nitrogen and oxygen atoms in total. The fourth-order valence-corrected chi connectivity index (χ4v) is 10.7. The molecule has 3 aliphatic rings. The topological polar surface area (TPSA) is 263 Å². The van der Waals surface area contributed by atoms with Crippen molar-refractivity contribution in [1.82, 2.24) is 49.8 Å². The molecule has 3 fully saturated rings. The molecule has 3 aliphatic heterocycles. The monoisotopic (exact) mass is 1140 g/mol. The lowest BCUT2D eigenvalue weighted by molar-refractivity contribution is -0.128. The molecular formula is C61H63ClN12O9. The van der Waals surface area contributed by atoms with Gasteiger partial charge < -0.3 is 54.5 Å². The number of ether oxygens (including phenoxy) is 6. The molecule has 2 amide bonds. The maximum absolute atomic E-state index is 14.1. The summed E-state index contributed by atoms with van der Waals surface area (Å²) in [6.45, 7) is 6.83. The summed E-state index contributed by atoms with van der Waals surface area (Å²) < 4.78 is 37.0. The van der Waals surface area contributed by atoms with Gasteiger partial charge in [-0.25, -0.2) is 19.6 Å². The Morgan fingerprint density at radius 3 is 2.37 bits per heavy atom. The number of hydrogen-bond acceptors (Lipinski definition) is 17. The zero-order chi connectivity index (χ0) is 57.6. The number of likely N-dealkylation sites (N-methyl/N-ethyl adjacent to an activating group) is 1. The molecule has 11 rings (SSSR count). The van der Waals surface area contributed by atoms with Gasteiger partial charge in [0.25, 0.3) is 11.9 Å². The van der Waals surface area contributed by atoms with Crippen LogP contribution < -0.4 is 25.3 Å². The maximum atomic E-state index is 14.1. The van der Waals surface area contributed by atoms with Gasteiger partial charge in [0.15, 0.2) is 17.4 Å². The molecule has 428 valence electrons. The average molecular weight is 1140 g/mol. The average Bonchev–Trinajstić information content (AvgIpc) is 2.96. The summed E-state index contributed by atoms with van der Waals surface area (Å²) in [5.74, 6) is 1.86. The highest BCUT2D eigenvalue weighted by molar-refractivity contribution is 6.33. The number of nitrogens with two attached hydrogens (primary N) is 1. The SMILES string of the molecule is CN(CCOCCC(=O)NCCOc1ccc(-c2ccc(-c3nc4nc(OC5COC6C(O)COC56)[nH]c4cc3Cl)cc2)cc1)C(C)(C)/C=C(\C#N)C(=O)N1CCC[C@@H](n2nc(-c3ccc(Oc4ccccc4)cc3)c3c(N)ncnc32)C1. The fraction of sp³-hybridized carbons (Fsp3) is 0.344. The Labute approximate surface area is 483 Å². The standard InChI is InChI=1S/C61H63ClN12O9/c1-61(2,31-41(32-63)59(77)73-25-7-8-42(33-73)74-58-51(56(64)66-36-67-58)53(71-74)40-17-21-45(22-18-40)82-44-9-5-4-6-10-44)72(3)26-29-78-27-23-50(76)65-24-28-79-43-19-15-38(16-20-43)37-11-13-39(14-12-37)52-46(62)30-47-57(69-52)70-60(68-47)83-49-35-81-54-48(75)34-80-55(49)54/h4-6,9-22,30-31,36,42,48-49,54-55,75H,7-8,23-29,33-35H2,1-3H3,(H,65,76)(H2,64,66,67)(H,68,69,70)/b41-31+/t42-,48?,49?,54?,55?/m1/s1. The number of aliphatic hydroxyl groups excluding tert-OH is 1. The number of halogens is 1. The van der Waals surface area contributed by atoms with Gasteiger partial charge in [0.2, 0.25) is 5.91 Å². The number of H-pyrrole nitrogens is 1. The van der Waals surface area contributed by atoms with Crippen molar-refractivity contribution in [3.8, 4) is 63.0 Å². The summed E-state index contributed by atoms with van der Waals surface area (Å²) in [5.41, 5.74) is 12.3. The fourth-order valence-electron chi connectivity index (χ4n) is 10.5. The van der Waals surface area contributed by atoms with Crippen LogP contribution in [0.3, 0.4) is 0 Å². The van der Waals surface area contributed by atoms with Crippen LogP contribution >= 0.6 is 11.6 Å². The van der Waals surface area contributed by atoms with Crippen molar-refractivity contribution >= 4 is 51.4 Å². The number of aromatic nitrogens is 7. The van der Waals surface area contributed by atoms with Crippen LogP contribution in [-0.4, -0.2) is 158 Å². The van der Waals surface area contributed by atoms with Gasteiger partial charge in [-0.05, 0) is 106 Å². The van der Waals surface area contributed by atoms with E-state index in [4.69, 9.17) is 55.8 Å². The Balaban J connectivity index is 0.599. The number of para-hydroxylation sites is 1. The molecule has 5 N–H and O–H groups in total. The molecule has 0 spiro atoms. The zero-order valence-corrected chi connectivity index (χ0v) is 46.9. The highest BCUT2D eigenvalue weighted by Crippen LogP contribution is 2.37. The molecule has 22 heteroatoms. The van der Waals surface area contributed by atoms with E-state index >= 15 is 0 Å². The maximum Gasteiger partial charge on any atom is 0.296 e. The zero-order valence-electron chi connectivity index (χ0n) is 46.1. The highest BCUT2D eigenvalue weighted by Gasteiger charge is 2.49. The van der Waals surface area contributed by atoms with E-state index in [1.54, 1.807) is 17.0 Å². The van der Waals surface area contributed by atoms with Crippen LogP contribution in [0.4, 0.5) is 5.82 Å². The van der Waals surface area contributed by atoms with Crippen LogP contribution in [0, 0.1) is 11.3 Å². The lowest BCUT2D eigenvalue weighted by Crippen LogP contribution is -2.44. The van der Waals surface area contributed by atoms with E-state index in [0.29, 0.717) is 95.1 Å². The summed E-state index contributed by atoms with van der Waals surface area (Å²) in [6.07, 6.45) is 2.87. The number of nitrogens with zero attached hydrogens (tertiary/aromatic N) is 9. The number of likely N-dealkylation sites (tertiary alicyclic amines) is 1. The van der Waals surface area contributed by atoms with Gasteiger partial charge in [-0.2, -0.15) is 15.3 Å². The molecule has 7 heterocycles. The largest absolute Gasteiger partial charge is 0.492 e. The number of aliphatic hydroxyl groups is 1. The van der Waals surface area contributed by atoms with Crippen LogP contribution in [0.5, 0.6) is 23.3 Å². The Morgan fingerprint density at radius 2 is 1.60 bits per heavy atom. The number of benzene rings is 4. The number of aromatic amines is 1. The number of carbonyl (C=O) groups is 2. The Hall–Kier alpha value is -8.49. The first kappa shape index (κ1) is 56.4. The summed E-state index contributed by atoms with van der Waals surface area (Å²) >= 11 is 6.70. The van der Waals surface area contributed by atoms with Crippen LogP contribution in [0.1, 0.15) is 39.2 Å². The minimum absolute atomic E-state index is 0.0460. The lowest BCUT2D eigenvalue weighted by Gasteiger charge is -2.35. The number of hydrogen-bond donors (Lipinski definition) is 4. The van der Waals surface area contributed by atoms with Crippen LogP contribution in [-0.2, 0) is 23.8 Å². The van der Waals surface area contributed by atoms with E-state index in [-0.39, 0.29) is 68.4 Å². The summed E-state index contributed by atoms with van der Waals surface area (Å²) in [6, 6.07) is 36.7. The van der Waals surface area contributed by atoms with Crippen molar-refractivity contribution in [2.45, 2.75) is 69.1 Å². The quantitative estimate of drug-likeness (QED) is 0.0302. The van der Waals surface area contributed by atoms with Crippen molar-refractivity contribution in [1.29, 1.82) is 5.26 Å². The molecule has 5 atom stereocenters. The second-order valence-electron chi connectivity index (χ2n) is 21.2. The lowest BCUT2D eigenvalue weighted by atomic mass is 9.98. The van der Waals surface area contributed by atoms with E-state index < -0.39 is 23.9 Å². The number of fused-ring (bicyclic) bond motifs is 3. The number of piperidine rings is 1. The third-order valence-electron chi connectivity index (χ3n) is 15.2. The van der Waals surface area contributed by atoms with Gasteiger partial charge in [-0.1, -0.05) is 66.2 Å². The van der Waals surface area contributed by atoms with Crippen molar-refractivity contribution in [2.75, 3.05) is 72.0 Å². The Morgan fingerprint density at radius 1 is 0.904 bits per heavy atom. The molecule has 0 aliphatic carbocycles. The summed E-state index contributed by atoms with van der Waals surface area (Å²) in [7, 11) is 1.90. The van der Waals surface area contributed by atoms with E-state index in [9.17, 15) is 20.0 Å². The van der Waals surface area contributed by atoms with Gasteiger partial charge >= 0.3 is 0 Å². The Kier molecular flexibility index (Phi) is 16.9. The molecule has 0 radical (unpaired) electrons. The van der Waals surface area contributed by atoms with Crippen molar-refractivity contribution in [2.24, 2.45) is 0 Å². The number of imidazole rings is 1. The number of nitrogens with one attached hydrogen (secondary N) is 2. The minimum Gasteiger partial charge on any atom is -0.492 e. The Bertz CT molecular complexity index is 3670. The number of nitriles is 1. The van der Waals surface area contributed by atoms with E-state index in [2.05, 4.69) is 31.3 Å². The van der Waals surface area contributed by atoms with E-state index in [1.165, 1.54) is 6.33 Å². The first-order chi connectivity index (χ1) is 40.3. The predicted octanol–water partition coefficient (Wildman–Crippen LogP) is 7.96. The van der Waals surface area contributed by atoms with Gasteiger partial charge in [-0.3, -0.25) is 14.5 Å². The minimum atomic E-state index is -0.684. The number of anilines is 1.